The molecule has 0 amide bonds. The van der Waals surface area contributed by atoms with E-state index in [1.165, 1.54) is 27.8 Å². The lowest BCUT2D eigenvalue weighted by Crippen LogP contribution is -2.23. The summed E-state index contributed by atoms with van der Waals surface area (Å²) < 4.78 is 5.97. The summed E-state index contributed by atoms with van der Waals surface area (Å²) in [5.74, 6) is 0.909. The molecule has 1 heterocycles. The molecule has 0 radical (unpaired) electrons. The van der Waals surface area contributed by atoms with E-state index < -0.39 is 0 Å². The number of aromatic nitrogens is 1. The maximum absolute atomic E-state index is 5.97. The van der Waals surface area contributed by atoms with Gasteiger partial charge < -0.3 is 4.74 Å². The normalized spacial score (nSPS) is 11.1. The number of aryl methyl sites for hydroxylation is 3. The molecule has 4 rings (SSSR count). The van der Waals surface area contributed by atoms with Crippen molar-refractivity contribution in [3.8, 4) is 17.0 Å². The molecule has 3 aromatic carbocycles. The van der Waals surface area contributed by atoms with Gasteiger partial charge in [-0.1, -0.05) is 92.7 Å². The maximum Gasteiger partial charge on any atom is 0.127 e. The molecule has 0 unspecified atom stereocenters. The van der Waals surface area contributed by atoms with Gasteiger partial charge in [0.2, 0.25) is 0 Å². The van der Waals surface area contributed by atoms with Gasteiger partial charge in [0.05, 0.1) is 12.8 Å². The third-order valence-electron chi connectivity index (χ3n) is 6.64. The van der Waals surface area contributed by atoms with E-state index in [1.54, 1.807) is 7.11 Å². The highest BCUT2D eigenvalue weighted by Crippen LogP contribution is 2.33. The summed E-state index contributed by atoms with van der Waals surface area (Å²) in [5.41, 5.74) is 9.71. The average molecular weight is 465 g/mol. The third-order valence-corrected chi connectivity index (χ3v) is 6.64. The Morgan fingerprint density at radius 3 is 1.74 bits per heavy atom. The molecule has 0 atom stereocenters. The molecule has 4 aromatic rings. The van der Waals surface area contributed by atoms with Crippen molar-refractivity contribution in [1.29, 1.82) is 0 Å². The number of ether oxygens (including phenoxy) is 1. The van der Waals surface area contributed by atoms with Crippen LogP contribution in [0.5, 0.6) is 5.75 Å². The second kappa shape index (κ2) is 11.8. The number of methoxy groups -OCH3 is 1. The van der Waals surface area contributed by atoms with Crippen molar-refractivity contribution in [3.05, 3.63) is 118 Å². The van der Waals surface area contributed by atoms with Gasteiger partial charge in [-0.2, -0.15) is 0 Å². The molecule has 3 nitrogen and oxygen atoms in total. The lowest BCUT2D eigenvalue weighted by Gasteiger charge is -2.25. The van der Waals surface area contributed by atoms with Crippen molar-refractivity contribution in [1.82, 2.24) is 9.88 Å². The lowest BCUT2D eigenvalue weighted by molar-refractivity contribution is 0.242. The van der Waals surface area contributed by atoms with Crippen LogP contribution in [0.1, 0.15) is 47.4 Å². The minimum atomic E-state index is 0.766. The first-order valence-corrected chi connectivity index (χ1v) is 12.6. The number of hydrogen-bond donors (Lipinski definition) is 0. The third kappa shape index (κ3) is 5.98. The van der Waals surface area contributed by atoms with Crippen LogP contribution in [-0.4, -0.2) is 17.0 Å². The summed E-state index contributed by atoms with van der Waals surface area (Å²) in [6, 6.07) is 30.1. The molecule has 0 fully saturated rings. The summed E-state index contributed by atoms with van der Waals surface area (Å²) >= 11 is 0. The molecular formula is C32H36N2O. The van der Waals surface area contributed by atoms with E-state index in [1.807, 2.05) is 0 Å². The summed E-state index contributed by atoms with van der Waals surface area (Å²) in [6.45, 7) is 9.02. The van der Waals surface area contributed by atoms with Crippen LogP contribution in [0, 0.1) is 6.92 Å². The first-order valence-electron chi connectivity index (χ1n) is 12.6. The number of pyridine rings is 1. The van der Waals surface area contributed by atoms with Crippen molar-refractivity contribution < 1.29 is 4.74 Å². The van der Waals surface area contributed by atoms with E-state index in [9.17, 15) is 0 Å². The Morgan fingerprint density at radius 2 is 1.26 bits per heavy atom. The molecule has 0 saturated heterocycles. The molecule has 0 bridgehead atoms. The summed E-state index contributed by atoms with van der Waals surface area (Å²) in [4.78, 5) is 7.60. The molecular weight excluding hydrogens is 428 g/mol. The second-order valence-corrected chi connectivity index (χ2v) is 9.05. The van der Waals surface area contributed by atoms with Crippen molar-refractivity contribution >= 4 is 0 Å². The van der Waals surface area contributed by atoms with Gasteiger partial charge >= 0.3 is 0 Å². The fourth-order valence-corrected chi connectivity index (χ4v) is 4.82. The van der Waals surface area contributed by atoms with Gasteiger partial charge in [0.15, 0.2) is 0 Å². The highest BCUT2D eigenvalue weighted by Gasteiger charge is 2.18. The average Bonchev–Trinajstić information content (AvgIpc) is 2.90. The molecule has 0 aliphatic carbocycles. The first kappa shape index (κ1) is 24.7. The van der Waals surface area contributed by atoms with Crippen LogP contribution < -0.4 is 4.74 Å². The van der Waals surface area contributed by atoms with E-state index in [0.717, 1.165) is 55.2 Å². The van der Waals surface area contributed by atoms with Gasteiger partial charge in [-0.15, -0.1) is 0 Å². The topological polar surface area (TPSA) is 25.4 Å². The van der Waals surface area contributed by atoms with Gasteiger partial charge in [0.1, 0.15) is 5.75 Å². The number of benzene rings is 3. The molecule has 0 saturated carbocycles. The highest BCUT2D eigenvalue weighted by molar-refractivity contribution is 5.70. The zero-order valence-corrected chi connectivity index (χ0v) is 21.4. The zero-order chi connectivity index (χ0) is 24.6. The standard InChI is InChI=1S/C32H36N2O/c1-5-27-18-13-19-28(6-2)32(27)30-20-31(35-4)29(24(3)33-30)23-34(21-25-14-9-7-10-15-25)22-26-16-11-8-12-17-26/h7-20H,5-6,21-23H2,1-4H3. The predicted molar refractivity (Wildman–Crippen MR) is 146 cm³/mol. The molecule has 0 spiro atoms. The van der Waals surface area contributed by atoms with E-state index in [0.29, 0.717) is 0 Å². The smallest absolute Gasteiger partial charge is 0.127 e. The van der Waals surface area contributed by atoms with Crippen LogP contribution in [0.3, 0.4) is 0 Å². The van der Waals surface area contributed by atoms with E-state index in [-0.39, 0.29) is 0 Å². The fourth-order valence-electron chi connectivity index (χ4n) is 4.82. The Balaban J connectivity index is 1.71. The van der Waals surface area contributed by atoms with Crippen LogP contribution in [0.15, 0.2) is 84.9 Å². The molecule has 35 heavy (non-hydrogen) atoms. The van der Waals surface area contributed by atoms with Crippen molar-refractivity contribution in [2.45, 2.75) is 53.2 Å². The van der Waals surface area contributed by atoms with Crippen molar-refractivity contribution in [2.75, 3.05) is 7.11 Å². The summed E-state index contributed by atoms with van der Waals surface area (Å²) in [7, 11) is 1.77. The molecule has 3 heteroatoms. The Bertz CT molecular complexity index is 1170. The van der Waals surface area contributed by atoms with E-state index in [2.05, 4.69) is 111 Å². The number of rotatable bonds is 10. The van der Waals surface area contributed by atoms with Crippen molar-refractivity contribution in [2.24, 2.45) is 0 Å². The highest BCUT2D eigenvalue weighted by atomic mass is 16.5. The molecule has 0 aliphatic heterocycles. The quantitative estimate of drug-likeness (QED) is 0.245. The molecule has 0 N–H and O–H groups in total. The molecule has 1 aromatic heterocycles. The zero-order valence-electron chi connectivity index (χ0n) is 21.4. The minimum absolute atomic E-state index is 0.766. The van der Waals surface area contributed by atoms with Crippen LogP contribution >= 0.6 is 0 Å². The Hall–Kier alpha value is -3.43. The molecule has 0 aliphatic rings. The minimum Gasteiger partial charge on any atom is -0.496 e. The van der Waals surface area contributed by atoms with Crippen LogP contribution in [0.2, 0.25) is 0 Å². The largest absolute Gasteiger partial charge is 0.496 e. The van der Waals surface area contributed by atoms with Gasteiger partial charge in [-0.05, 0) is 42.0 Å². The van der Waals surface area contributed by atoms with Gasteiger partial charge in [0, 0.05) is 42.5 Å². The van der Waals surface area contributed by atoms with Crippen LogP contribution in [0.25, 0.3) is 11.3 Å². The SMILES string of the molecule is CCc1cccc(CC)c1-c1cc(OC)c(CN(Cc2ccccc2)Cc2ccccc2)c(C)n1. The van der Waals surface area contributed by atoms with E-state index in [4.69, 9.17) is 9.72 Å². The molecule has 180 valence electrons. The van der Waals surface area contributed by atoms with Gasteiger partial charge in [-0.25, -0.2) is 0 Å². The predicted octanol–water partition coefficient (Wildman–Crippen LogP) is 7.39. The van der Waals surface area contributed by atoms with Crippen LogP contribution in [0.4, 0.5) is 0 Å². The maximum atomic E-state index is 5.97. The van der Waals surface area contributed by atoms with Crippen LogP contribution in [-0.2, 0) is 32.5 Å². The van der Waals surface area contributed by atoms with Gasteiger partial charge in [-0.3, -0.25) is 9.88 Å². The van der Waals surface area contributed by atoms with Gasteiger partial charge in [0.25, 0.3) is 0 Å². The van der Waals surface area contributed by atoms with E-state index >= 15 is 0 Å². The lowest BCUT2D eigenvalue weighted by atomic mass is 9.94. The Kier molecular flexibility index (Phi) is 8.33. The number of nitrogens with zero attached hydrogens (tertiary/aromatic N) is 2. The summed E-state index contributed by atoms with van der Waals surface area (Å²) in [5, 5.41) is 0. The fraction of sp³-hybridized carbons (Fsp3) is 0.281. The first-order chi connectivity index (χ1) is 17.1. The summed E-state index contributed by atoms with van der Waals surface area (Å²) in [6.07, 6.45) is 1.96. The Labute approximate surface area is 210 Å². The second-order valence-electron chi connectivity index (χ2n) is 9.05. The van der Waals surface area contributed by atoms with Crippen molar-refractivity contribution in [3.63, 3.8) is 0 Å². The number of hydrogen-bond acceptors (Lipinski definition) is 3. The monoisotopic (exact) mass is 464 g/mol. The Morgan fingerprint density at radius 1 is 0.714 bits per heavy atom.